The standard InChI is InChI=1S/C15H14N2O5/c18-12(16-7-3-6-11(16)15(21)22)8-17-13(19)9-4-1-2-5-10(9)14(17)20/h1-2,4-5,11H,3,6-8H2,(H,21,22). The highest BCUT2D eigenvalue weighted by molar-refractivity contribution is 6.22. The van der Waals surface area contributed by atoms with E-state index in [1.165, 1.54) is 17.0 Å². The summed E-state index contributed by atoms with van der Waals surface area (Å²) in [7, 11) is 0. The molecule has 0 radical (unpaired) electrons. The zero-order chi connectivity index (χ0) is 15.9. The molecule has 0 spiro atoms. The van der Waals surface area contributed by atoms with E-state index in [4.69, 9.17) is 5.11 Å². The lowest BCUT2D eigenvalue weighted by molar-refractivity contribution is -0.148. The predicted octanol–water partition coefficient (Wildman–Crippen LogP) is 0.358. The first kappa shape index (κ1) is 14.2. The van der Waals surface area contributed by atoms with Gasteiger partial charge in [-0.1, -0.05) is 12.1 Å². The first-order chi connectivity index (χ1) is 10.5. The van der Waals surface area contributed by atoms with Crippen LogP contribution >= 0.6 is 0 Å². The highest BCUT2D eigenvalue weighted by Crippen LogP contribution is 2.23. The molecule has 1 N–H and O–H groups in total. The molecule has 2 aliphatic rings. The Labute approximate surface area is 126 Å². The Morgan fingerprint density at radius 3 is 2.27 bits per heavy atom. The Balaban J connectivity index is 1.77. The number of rotatable bonds is 3. The van der Waals surface area contributed by atoms with Gasteiger partial charge in [-0.15, -0.1) is 0 Å². The zero-order valence-corrected chi connectivity index (χ0v) is 11.7. The minimum absolute atomic E-state index is 0.275. The molecule has 0 aromatic heterocycles. The number of benzene rings is 1. The van der Waals surface area contributed by atoms with Crippen LogP contribution in [-0.2, 0) is 9.59 Å². The largest absolute Gasteiger partial charge is 0.480 e. The number of nitrogens with zero attached hydrogens (tertiary/aromatic N) is 2. The first-order valence-corrected chi connectivity index (χ1v) is 6.98. The van der Waals surface area contributed by atoms with E-state index in [1.807, 2.05) is 0 Å². The van der Waals surface area contributed by atoms with Crippen LogP contribution in [0, 0.1) is 0 Å². The van der Waals surface area contributed by atoms with Crippen LogP contribution in [-0.4, -0.2) is 57.7 Å². The normalized spacial score (nSPS) is 20.5. The van der Waals surface area contributed by atoms with E-state index in [1.54, 1.807) is 12.1 Å². The molecule has 1 atom stereocenters. The van der Waals surface area contributed by atoms with Gasteiger partial charge in [0.25, 0.3) is 11.8 Å². The summed E-state index contributed by atoms with van der Waals surface area (Å²) in [6, 6.07) is 5.50. The van der Waals surface area contributed by atoms with Gasteiger partial charge in [0.05, 0.1) is 11.1 Å². The van der Waals surface area contributed by atoms with E-state index in [0.717, 1.165) is 4.90 Å². The summed E-state index contributed by atoms with van der Waals surface area (Å²) in [5, 5.41) is 9.10. The summed E-state index contributed by atoms with van der Waals surface area (Å²) < 4.78 is 0. The van der Waals surface area contributed by atoms with Crippen molar-refractivity contribution in [2.75, 3.05) is 13.1 Å². The van der Waals surface area contributed by atoms with Crippen molar-refractivity contribution in [2.45, 2.75) is 18.9 Å². The van der Waals surface area contributed by atoms with Gasteiger partial charge in [-0.2, -0.15) is 0 Å². The number of hydrogen-bond donors (Lipinski definition) is 1. The van der Waals surface area contributed by atoms with Crippen molar-refractivity contribution in [3.63, 3.8) is 0 Å². The summed E-state index contributed by atoms with van der Waals surface area (Å²) in [4.78, 5) is 49.9. The lowest BCUT2D eigenvalue weighted by atomic mass is 10.1. The minimum atomic E-state index is -1.06. The number of likely N-dealkylation sites (tertiary alicyclic amines) is 1. The van der Waals surface area contributed by atoms with E-state index >= 15 is 0 Å². The number of carboxylic acids is 1. The van der Waals surface area contributed by atoms with Gasteiger partial charge in [0.1, 0.15) is 12.6 Å². The number of carboxylic acid groups (broad SMARTS) is 1. The van der Waals surface area contributed by atoms with E-state index in [9.17, 15) is 19.2 Å². The molecular formula is C15H14N2O5. The van der Waals surface area contributed by atoms with Crippen molar-refractivity contribution >= 4 is 23.7 Å². The summed E-state index contributed by atoms with van der Waals surface area (Å²) in [6.07, 6.45) is 0.994. The molecule has 7 nitrogen and oxygen atoms in total. The fourth-order valence-electron chi connectivity index (χ4n) is 2.93. The maximum atomic E-state index is 12.3. The molecule has 3 amide bonds. The smallest absolute Gasteiger partial charge is 0.326 e. The molecule has 2 aliphatic heterocycles. The molecule has 3 rings (SSSR count). The van der Waals surface area contributed by atoms with Gasteiger partial charge < -0.3 is 10.0 Å². The highest BCUT2D eigenvalue weighted by Gasteiger charge is 2.40. The number of carbonyl (C=O) groups excluding carboxylic acids is 3. The third kappa shape index (κ3) is 2.14. The van der Waals surface area contributed by atoms with Crippen molar-refractivity contribution in [1.82, 2.24) is 9.80 Å². The Hall–Kier alpha value is -2.70. The summed E-state index contributed by atoms with van der Waals surface area (Å²) in [5.41, 5.74) is 0.549. The molecule has 1 fully saturated rings. The van der Waals surface area contributed by atoms with Crippen LogP contribution in [0.1, 0.15) is 33.6 Å². The van der Waals surface area contributed by atoms with Crippen LogP contribution in [0.25, 0.3) is 0 Å². The minimum Gasteiger partial charge on any atom is -0.480 e. The molecule has 1 unspecified atom stereocenters. The number of hydrogen-bond acceptors (Lipinski definition) is 4. The van der Waals surface area contributed by atoms with Gasteiger partial charge in [-0.05, 0) is 25.0 Å². The highest BCUT2D eigenvalue weighted by atomic mass is 16.4. The molecule has 0 aliphatic carbocycles. The van der Waals surface area contributed by atoms with Crippen LogP contribution in [0.3, 0.4) is 0 Å². The second kappa shape index (κ2) is 5.25. The molecule has 0 saturated carbocycles. The molecule has 2 heterocycles. The third-order valence-corrected chi connectivity index (χ3v) is 4.03. The number of amides is 3. The van der Waals surface area contributed by atoms with Gasteiger partial charge in [-0.25, -0.2) is 4.79 Å². The Morgan fingerprint density at radius 1 is 1.14 bits per heavy atom. The van der Waals surface area contributed by atoms with E-state index < -0.39 is 36.3 Å². The molecule has 1 aromatic carbocycles. The maximum absolute atomic E-state index is 12.3. The first-order valence-electron chi connectivity index (χ1n) is 6.98. The summed E-state index contributed by atoms with van der Waals surface area (Å²) in [5.74, 6) is -2.60. The summed E-state index contributed by atoms with van der Waals surface area (Å²) >= 11 is 0. The molecule has 1 saturated heterocycles. The Bertz CT molecular complexity index is 649. The molecule has 7 heteroatoms. The second-order valence-corrected chi connectivity index (χ2v) is 5.33. The van der Waals surface area contributed by atoms with E-state index in [0.29, 0.717) is 19.4 Å². The molecule has 1 aromatic rings. The SMILES string of the molecule is O=C(O)C1CCCN1C(=O)CN1C(=O)c2ccccc2C1=O. The second-order valence-electron chi connectivity index (χ2n) is 5.33. The van der Waals surface area contributed by atoms with Gasteiger partial charge in [0, 0.05) is 6.54 Å². The maximum Gasteiger partial charge on any atom is 0.326 e. The lowest BCUT2D eigenvalue weighted by Crippen LogP contribution is -2.46. The monoisotopic (exact) mass is 302 g/mol. The Kier molecular flexibility index (Phi) is 3.40. The number of fused-ring (bicyclic) bond motifs is 1. The molecule has 0 bridgehead atoms. The molecular weight excluding hydrogens is 288 g/mol. The lowest BCUT2D eigenvalue weighted by Gasteiger charge is -2.23. The van der Waals surface area contributed by atoms with Crippen LogP contribution in [0.2, 0.25) is 0 Å². The van der Waals surface area contributed by atoms with Crippen LogP contribution in [0.4, 0.5) is 0 Å². The van der Waals surface area contributed by atoms with Crippen LogP contribution in [0.5, 0.6) is 0 Å². The predicted molar refractivity (Wildman–Crippen MR) is 74.2 cm³/mol. The van der Waals surface area contributed by atoms with E-state index in [-0.39, 0.29) is 11.1 Å². The van der Waals surface area contributed by atoms with Gasteiger partial charge in [0.15, 0.2) is 0 Å². The average molecular weight is 302 g/mol. The number of carbonyl (C=O) groups is 4. The van der Waals surface area contributed by atoms with Gasteiger partial charge in [0.2, 0.25) is 5.91 Å². The Morgan fingerprint density at radius 2 is 1.73 bits per heavy atom. The van der Waals surface area contributed by atoms with E-state index in [2.05, 4.69) is 0 Å². The van der Waals surface area contributed by atoms with Crippen molar-refractivity contribution in [1.29, 1.82) is 0 Å². The molecule has 114 valence electrons. The summed E-state index contributed by atoms with van der Waals surface area (Å²) in [6.45, 7) is -0.0882. The van der Waals surface area contributed by atoms with Crippen LogP contribution < -0.4 is 0 Å². The third-order valence-electron chi connectivity index (χ3n) is 4.03. The molecule has 22 heavy (non-hydrogen) atoms. The van der Waals surface area contributed by atoms with Gasteiger partial charge in [-0.3, -0.25) is 19.3 Å². The van der Waals surface area contributed by atoms with Crippen molar-refractivity contribution in [2.24, 2.45) is 0 Å². The number of imide groups is 1. The fraction of sp³-hybridized carbons (Fsp3) is 0.333. The zero-order valence-electron chi connectivity index (χ0n) is 11.7. The number of aliphatic carboxylic acids is 1. The van der Waals surface area contributed by atoms with Gasteiger partial charge >= 0.3 is 5.97 Å². The topological polar surface area (TPSA) is 95.0 Å². The van der Waals surface area contributed by atoms with Crippen molar-refractivity contribution in [3.8, 4) is 0 Å². The quantitative estimate of drug-likeness (QED) is 0.813. The van der Waals surface area contributed by atoms with Crippen LogP contribution in [0.15, 0.2) is 24.3 Å². The van der Waals surface area contributed by atoms with Crippen molar-refractivity contribution < 1.29 is 24.3 Å². The van der Waals surface area contributed by atoms with Crippen molar-refractivity contribution in [3.05, 3.63) is 35.4 Å². The average Bonchev–Trinajstić information content (AvgIpc) is 3.08. The fourth-order valence-corrected chi connectivity index (χ4v) is 2.93.